The van der Waals surface area contributed by atoms with E-state index in [9.17, 15) is 9.90 Å². The van der Waals surface area contributed by atoms with Crippen LogP contribution >= 0.6 is 11.6 Å². The first-order valence-electron chi connectivity index (χ1n) is 8.85. The van der Waals surface area contributed by atoms with Gasteiger partial charge in [0.15, 0.2) is 0 Å². The molecule has 1 atom stereocenters. The summed E-state index contributed by atoms with van der Waals surface area (Å²) in [6, 6.07) is 14.3. The molecule has 4 nitrogen and oxygen atoms in total. The second kappa shape index (κ2) is 7.39. The number of carbonyl (C=O) groups excluding carboxylic acids is 1. The number of rotatable bonds is 3. The van der Waals surface area contributed by atoms with Crippen molar-refractivity contribution >= 4 is 23.2 Å². The van der Waals surface area contributed by atoms with Crippen molar-refractivity contribution in [1.29, 1.82) is 0 Å². The van der Waals surface area contributed by atoms with Gasteiger partial charge < -0.3 is 15.3 Å². The SMILES string of the molecule is CN1CCc2cc(Cl)c(NC(=O)C(C)(C)O)cc2C(c2ccccc2)C1. The van der Waals surface area contributed by atoms with E-state index < -0.39 is 11.5 Å². The predicted molar refractivity (Wildman–Crippen MR) is 106 cm³/mol. The highest BCUT2D eigenvalue weighted by Crippen LogP contribution is 2.36. The van der Waals surface area contributed by atoms with E-state index in [0.717, 1.165) is 19.5 Å². The van der Waals surface area contributed by atoms with E-state index in [1.807, 2.05) is 30.3 Å². The van der Waals surface area contributed by atoms with Gasteiger partial charge in [-0.1, -0.05) is 41.9 Å². The van der Waals surface area contributed by atoms with E-state index in [2.05, 4.69) is 29.4 Å². The van der Waals surface area contributed by atoms with Crippen LogP contribution in [0.5, 0.6) is 0 Å². The highest BCUT2D eigenvalue weighted by atomic mass is 35.5. The lowest BCUT2D eigenvalue weighted by atomic mass is 9.87. The molecule has 0 fully saturated rings. The zero-order chi connectivity index (χ0) is 18.9. The Kier molecular flexibility index (Phi) is 5.37. The number of benzene rings is 2. The summed E-state index contributed by atoms with van der Waals surface area (Å²) in [4.78, 5) is 14.5. The van der Waals surface area contributed by atoms with E-state index in [1.165, 1.54) is 30.5 Å². The maximum atomic E-state index is 12.2. The summed E-state index contributed by atoms with van der Waals surface area (Å²) >= 11 is 6.43. The summed E-state index contributed by atoms with van der Waals surface area (Å²) in [6.45, 7) is 4.78. The van der Waals surface area contributed by atoms with Gasteiger partial charge in [-0.25, -0.2) is 0 Å². The molecule has 2 aromatic carbocycles. The van der Waals surface area contributed by atoms with Crippen molar-refractivity contribution < 1.29 is 9.90 Å². The van der Waals surface area contributed by atoms with Crippen LogP contribution in [0.2, 0.25) is 5.02 Å². The average Bonchev–Trinajstić information content (AvgIpc) is 2.74. The Morgan fingerprint density at radius 1 is 1.27 bits per heavy atom. The maximum Gasteiger partial charge on any atom is 0.255 e. The molecule has 1 unspecified atom stereocenters. The summed E-state index contributed by atoms with van der Waals surface area (Å²) < 4.78 is 0. The molecule has 138 valence electrons. The molecule has 1 aliphatic heterocycles. The predicted octanol–water partition coefficient (Wildman–Crippen LogP) is 3.67. The Morgan fingerprint density at radius 2 is 1.96 bits per heavy atom. The Hall–Kier alpha value is -1.88. The summed E-state index contributed by atoms with van der Waals surface area (Å²) in [6.07, 6.45) is 0.911. The average molecular weight is 373 g/mol. The van der Waals surface area contributed by atoms with Gasteiger partial charge in [0.2, 0.25) is 0 Å². The van der Waals surface area contributed by atoms with Gasteiger partial charge in [0.1, 0.15) is 5.60 Å². The smallest absolute Gasteiger partial charge is 0.255 e. The minimum absolute atomic E-state index is 0.203. The van der Waals surface area contributed by atoms with Crippen molar-refractivity contribution in [1.82, 2.24) is 4.90 Å². The standard InChI is InChI=1S/C21H25ClN2O2/c1-21(2,26)20(25)23-19-12-16-15(11-18(19)22)9-10-24(3)13-17(16)14-7-5-4-6-8-14/h4-8,11-12,17,26H,9-10,13H2,1-3H3,(H,23,25). The normalized spacial score (nSPS) is 18.1. The first-order chi connectivity index (χ1) is 12.3. The summed E-state index contributed by atoms with van der Waals surface area (Å²) in [5.74, 6) is -0.268. The number of carbonyl (C=O) groups is 1. The van der Waals surface area contributed by atoms with Gasteiger partial charge in [0.05, 0.1) is 10.7 Å². The van der Waals surface area contributed by atoms with Crippen molar-refractivity contribution in [2.45, 2.75) is 31.8 Å². The van der Waals surface area contributed by atoms with Crippen LogP contribution in [0.4, 0.5) is 5.69 Å². The number of hydrogen-bond donors (Lipinski definition) is 2. The first-order valence-corrected chi connectivity index (χ1v) is 9.23. The Labute approximate surface area is 159 Å². The van der Waals surface area contributed by atoms with Crippen molar-refractivity contribution in [2.24, 2.45) is 0 Å². The molecule has 0 bridgehead atoms. The van der Waals surface area contributed by atoms with Gasteiger partial charge in [-0.2, -0.15) is 0 Å². The highest BCUT2D eigenvalue weighted by Gasteiger charge is 2.27. The number of fused-ring (bicyclic) bond motifs is 1. The van der Waals surface area contributed by atoms with E-state index >= 15 is 0 Å². The molecular formula is C21H25ClN2O2. The fourth-order valence-electron chi connectivity index (χ4n) is 3.33. The fraction of sp³-hybridized carbons (Fsp3) is 0.381. The van der Waals surface area contributed by atoms with Gasteiger partial charge in [0.25, 0.3) is 5.91 Å². The van der Waals surface area contributed by atoms with Crippen LogP contribution in [0.25, 0.3) is 0 Å². The number of amides is 1. The van der Waals surface area contributed by atoms with Crippen LogP contribution in [0.15, 0.2) is 42.5 Å². The summed E-state index contributed by atoms with van der Waals surface area (Å²) in [5, 5.41) is 13.2. The minimum atomic E-state index is -1.46. The fourth-order valence-corrected chi connectivity index (χ4v) is 3.56. The zero-order valence-electron chi connectivity index (χ0n) is 15.4. The third kappa shape index (κ3) is 4.09. The molecule has 1 aliphatic rings. The third-order valence-electron chi connectivity index (χ3n) is 4.87. The molecule has 0 aliphatic carbocycles. The molecule has 0 saturated heterocycles. The molecule has 5 heteroatoms. The lowest BCUT2D eigenvalue weighted by Crippen LogP contribution is -2.36. The van der Waals surface area contributed by atoms with Crippen LogP contribution in [0.1, 0.15) is 36.5 Å². The molecule has 0 spiro atoms. The molecule has 0 aromatic heterocycles. The van der Waals surface area contributed by atoms with Crippen LogP contribution < -0.4 is 5.32 Å². The number of aliphatic hydroxyl groups is 1. The Bertz CT molecular complexity index is 800. The van der Waals surface area contributed by atoms with Crippen LogP contribution in [0, 0.1) is 0 Å². The summed E-state index contributed by atoms with van der Waals surface area (Å²) in [5.41, 5.74) is 2.70. The number of nitrogens with zero attached hydrogens (tertiary/aromatic N) is 1. The first kappa shape index (κ1) is 18.9. The number of likely N-dealkylation sites (N-methyl/N-ethyl adjacent to an activating group) is 1. The number of nitrogens with one attached hydrogen (secondary N) is 1. The molecule has 1 heterocycles. The monoisotopic (exact) mass is 372 g/mol. The zero-order valence-corrected chi connectivity index (χ0v) is 16.2. The van der Waals surface area contributed by atoms with E-state index in [1.54, 1.807) is 0 Å². The minimum Gasteiger partial charge on any atom is -0.381 e. The Balaban J connectivity index is 2.05. The van der Waals surface area contributed by atoms with Gasteiger partial charge in [-0.3, -0.25) is 4.79 Å². The lowest BCUT2D eigenvalue weighted by molar-refractivity contribution is -0.130. The molecule has 26 heavy (non-hydrogen) atoms. The number of hydrogen-bond acceptors (Lipinski definition) is 3. The van der Waals surface area contributed by atoms with Gasteiger partial charge in [-0.05, 0) is 56.1 Å². The quantitative estimate of drug-likeness (QED) is 0.864. The second-order valence-corrected chi connectivity index (χ2v) is 7.93. The van der Waals surface area contributed by atoms with Crippen LogP contribution in [-0.4, -0.2) is 41.7 Å². The number of halogens is 1. The highest BCUT2D eigenvalue weighted by molar-refractivity contribution is 6.33. The van der Waals surface area contributed by atoms with Crippen LogP contribution in [-0.2, 0) is 11.2 Å². The number of anilines is 1. The van der Waals surface area contributed by atoms with E-state index in [-0.39, 0.29) is 5.92 Å². The van der Waals surface area contributed by atoms with Crippen molar-refractivity contribution in [3.63, 3.8) is 0 Å². The molecule has 3 rings (SSSR count). The third-order valence-corrected chi connectivity index (χ3v) is 5.18. The van der Waals surface area contributed by atoms with Gasteiger partial charge in [0, 0.05) is 19.0 Å². The van der Waals surface area contributed by atoms with Gasteiger partial charge >= 0.3 is 0 Å². The van der Waals surface area contributed by atoms with Crippen molar-refractivity contribution in [2.75, 3.05) is 25.5 Å². The van der Waals surface area contributed by atoms with Crippen LogP contribution in [0.3, 0.4) is 0 Å². The van der Waals surface area contributed by atoms with Gasteiger partial charge in [-0.15, -0.1) is 0 Å². The van der Waals surface area contributed by atoms with Crippen molar-refractivity contribution in [3.8, 4) is 0 Å². The van der Waals surface area contributed by atoms with E-state index in [4.69, 9.17) is 11.6 Å². The molecule has 2 N–H and O–H groups in total. The summed E-state index contributed by atoms with van der Waals surface area (Å²) in [7, 11) is 2.13. The second-order valence-electron chi connectivity index (χ2n) is 7.52. The molecule has 0 saturated carbocycles. The topological polar surface area (TPSA) is 52.6 Å². The molecule has 0 radical (unpaired) electrons. The molecule has 1 amide bonds. The largest absolute Gasteiger partial charge is 0.381 e. The van der Waals surface area contributed by atoms with E-state index in [0.29, 0.717) is 10.7 Å². The Morgan fingerprint density at radius 3 is 2.62 bits per heavy atom. The molecule has 2 aromatic rings. The lowest BCUT2D eigenvalue weighted by Gasteiger charge is -2.23. The molecular weight excluding hydrogens is 348 g/mol. The maximum absolute atomic E-state index is 12.2. The van der Waals surface area contributed by atoms with Crippen molar-refractivity contribution in [3.05, 3.63) is 64.2 Å².